The van der Waals surface area contributed by atoms with Crippen molar-refractivity contribution in [1.29, 1.82) is 0 Å². The molecule has 0 saturated heterocycles. The van der Waals surface area contributed by atoms with Crippen molar-refractivity contribution in [1.82, 2.24) is 5.32 Å². The number of halogens is 2. The van der Waals surface area contributed by atoms with Gasteiger partial charge in [0, 0.05) is 0 Å². The summed E-state index contributed by atoms with van der Waals surface area (Å²) >= 11 is 11.0. The van der Waals surface area contributed by atoms with E-state index in [2.05, 4.69) is 11.9 Å². The summed E-state index contributed by atoms with van der Waals surface area (Å²) < 4.78 is 6.14. The van der Waals surface area contributed by atoms with Crippen LogP contribution < -0.4 is 10.1 Å². The minimum Gasteiger partial charge on any atom is -0.497 e. The summed E-state index contributed by atoms with van der Waals surface area (Å²) in [5, 5.41) is 12.6. The molecule has 0 spiro atoms. The third-order valence-corrected chi connectivity index (χ3v) is 3.30. The van der Waals surface area contributed by atoms with E-state index in [9.17, 15) is 10.0 Å². The minimum atomic E-state index is -1.14. The molecular weight excluding hydrogens is 327 g/mol. The molecule has 0 atom stereocenters. The molecule has 0 saturated carbocycles. The standard InChI is InChI=1S/C15H18Cl2N2O3/c1-3-8-19(21)12(10-18-15(20)14(16)17)9-11-4-6-13(22-2)7-5-11/h3-7,14H,1,8-10H2,2H3,(H-,18,20,21)/p+1. The van der Waals surface area contributed by atoms with Crippen LogP contribution in [0.25, 0.3) is 0 Å². The summed E-state index contributed by atoms with van der Waals surface area (Å²) in [6.07, 6.45) is 2.01. The van der Waals surface area contributed by atoms with Crippen molar-refractivity contribution >= 4 is 34.8 Å². The summed E-state index contributed by atoms with van der Waals surface area (Å²) in [5.41, 5.74) is 1.55. The number of hydrogen-bond acceptors (Lipinski definition) is 3. The third-order valence-electron chi connectivity index (χ3n) is 2.90. The van der Waals surface area contributed by atoms with Gasteiger partial charge in [0.2, 0.25) is 12.3 Å². The van der Waals surface area contributed by atoms with Crippen LogP contribution in [0.15, 0.2) is 36.9 Å². The van der Waals surface area contributed by atoms with Gasteiger partial charge in [0.15, 0.2) is 4.84 Å². The van der Waals surface area contributed by atoms with E-state index < -0.39 is 10.7 Å². The predicted octanol–water partition coefficient (Wildman–Crippen LogP) is 2.19. The average molecular weight is 346 g/mol. The van der Waals surface area contributed by atoms with Gasteiger partial charge in [0.05, 0.1) is 13.5 Å². The lowest BCUT2D eigenvalue weighted by atomic mass is 10.1. The summed E-state index contributed by atoms with van der Waals surface area (Å²) in [6, 6.07) is 7.42. The predicted molar refractivity (Wildman–Crippen MR) is 87.3 cm³/mol. The number of hydroxylamine groups is 1. The number of hydrogen-bond donors (Lipinski definition) is 2. The van der Waals surface area contributed by atoms with Crippen LogP contribution in [-0.4, -0.2) is 46.6 Å². The molecule has 0 heterocycles. The normalized spacial score (nSPS) is 11.8. The van der Waals surface area contributed by atoms with E-state index in [1.54, 1.807) is 13.2 Å². The topological polar surface area (TPSA) is 61.6 Å². The van der Waals surface area contributed by atoms with E-state index in [-0.39, 0.29) is 13.1 Å². The SMILES string of the molecule is C=CC[N+](O)=C(CNC(=O)C(Cl)Cl)Cc1ccc(OC)cc1. The smallest absolute Gasteiger partial charge is 0.253 e. The molecule has 7 heteroatoms. The Kier molecular flexibility index (Phi) is 7.77. The molecular formula is C15H19Cl2N2O3+. The molecule has 0 bridgehead atoms. The Morgan fingerprint density at radius 1 is 1.45 bits per heavy atom. The van der Waals surface area contributed by atoms with Gasteiger partial charge in [-0.2, -0.15) is 0 Å². The van der Waals surface area contributed by atoms with Crippen molar-refractivity contribution in [2.45, 2.75) is 11.3 Å². The van der Waals surface area contributed by atoms with E-state index in [4.69, 9.17) is 27.9 Å². The zero-order valence-corrected chi connectivity index (χ0v) is 13.8. The number of rotatable bonds is 8. The van der Waals surface area contributed by atoms with Crippen molar-refractivity contribution < 1.29 is 19.5 Å². The van der Waals surface area contributed by atoms with Crippen molar-refractivity contribution in [3.63, 3.8) is 0 Å². The Balaban J connectivity index is 2.83. The lowest BCUT2D eigenvalue weighted by Crippen LogP contribution is -2.37. The highest BCUT2D eigenvalue weighted by molar-refractivity contribution is 6.53. The van der Waals surface area contributed by atoms with Crippen LogP contribution in [-0.2, 0) is 11.2 Å². The van der Waals surface area contributed by atoms with Crippen molar-refractivity contribution in [2.75, 3.05) is 20.2 Å². The van der Waals surface area contributed by atoms with Gasteiger partial charge in [-0.3, -0.25) is 10.0 Å². The number of nitrogens with zero attached hydrogens (tertiary/aromatic N) is 1. The molecule has 0 aliphatic carbocycles. The first-order valence-corrected chi connectivity index (χ1v) is 7.46. The highest BCUT2D eigenvalue weighted by Gasteiger charge is 2.18. The highest BCUT2D eigenvalue weighted by atomic mass is 35.5. The summed E-state index contributed by atoms with van der Waals surface area (Å²) in [5.74, 6) is 0.236. The van der Waals surface area contributed by atoms with Crippen molar-refractivity contribution in [3.05, 3.63) is 42.5 Å². The van der Waals surface area contributed by atoms with Crippen LogP contribution in [0.5, 0.6) is 5.75 Å². The van der Waals surface area contributed by atoms with Crippen LogP contribution in [0.2, 0.25) is 0 Å². The van der Waals surface area contributed by atoms with Crippen molar-refractivity contribution in [2.24, 2.45) is 0 Å². The van der Waals surface area contributed by atoms with Crippen LogP contribution in [0.1, 0.15) is 5.56 Å². The van der Waals surface area contributed by atoms with Gasteiger partial charge in [-0.25, -0.2) is 0 Å². The van der Waals surface area contributed by atoms with Crippen LogP contribution in [0, 0.1) is 0 Å². The van der Waals surface area contributed by atoms with Crippen LogP contribution in [0.4, 0.5) is 0 Å². The number of benzene rings is 1. The molecule has 1 amide bonds. The van der Waals surface area contributed by atoms with Gasteiger partial charge < -0.3 is 10.1 Å². The maximum Gasteiger partial charge on any atom is 0.253 e. The Labute approximate surface area is 139 Å². The first-order chi connectivity index (χ1) is 10.5. The molecule has 22 heavy (non-hydrogen) atoms. The number of carbonyl (C=O) groups is 1. The minimum absolute atomic E-state index is 0.130. The second-order valence-corrected chi connectivity index (χ2v) is 5.58. The number of amides is 1. The first kappa shape index (κ1) is 18.3. The Bertz CT molecular complexity index is 542. The molecule has 120 valence electrons. The molecule has 0 aliphatic heterocycles. The monoisotopic (exact) mass is 345 g/mol. The number of methoxy groups -OCH3 is 1. The third kappa shape index (κ3) is 5.95. The molecule has 0 fully saturated rings. The molecule has 2 N–H and O–H groups in total. The second kappa shape index (κ2) is 9.33. The zero-order valence-electron chi connectivity index (χ0n) is 12.3. The van der Waals surface area contributed by atoms with E-state index >= 15 is 0 Å². The number of alkyl halides is 2. The Morgan fingerprint density at radius 3 is 2.59 bits per heavy atom. The maximum atomic E-state index is 11.4. The highest BCUT2D eigenvalue weighted by Crippen LogP contribution is 2.12. The zero-order chi connectivity index (χ0) is 16.5. The van der Waals surface area contributed by atoms with Crippen LogP contribution >= 0.6 is 23.2 Å². The summed E-state index contributed by atoms with van der Waals surface area (Å²) in [7, 11) is 1.59. The van der Waals surface area contributed by atoms with Gasteiger partial charge in [0.25, 0.3) is 5.91 Å². The summed E-state index contributed by atoms with van der Waals surface area (Å²) in [4.78, 5) is 10.3. The molecule has 5 nitrogen and oxygen atoms in total. The van der Waals surface area contributed by atoms with E-state index in [0.717, 1.165) is 16.1 Å². The molecule has 0 radical (unpaired) electrons. The van der Waals surface area contributed by atoms with Gasteiger partial charge >= 0.3 is 0 Å². The van der Waals surface area contributed by atoms with E-state index in [1.807, 2.05) is 24.3 Å². The Hall–Kier alpha value is -1.72. The molecule has 0 unspecified atom stereocenters. The van der Waals surface area contributed by atoms with Gasteiger partial charge in [-0.05, 0) is 28.5 Å². The van der Waals surface area contributed by atoms with Crippen molar-refractivity contribution in [3.8, 4) is 5.75 Å². The fourth-order valence-corrected chi connectivity index (χ4v) is 1.90. The fraction of sp³-hybridized carbons (Fsp3) is 0.333. The second-order valence-electron chi connectivity index (χ2n) is 4.48. The van der Waals surface area contributed by atoms with Crippen LogP contribution in [0.3, 0.4) is 0 Å². The number of ether oxygens (including phenoxy) is 1. The number of nitrogens with one attached hydrogen (secondary N) is 1. The fourth-order valence-electron chi connectivity index (χ4n) is 1.74. The largest absolute Gasteiger partial charge is 0.497 e. The quantitative estimate of drug-likeness (QED) is 0.189. The molecule has 1 aromatic carbocycles. The molecule has 0 aromatic heterocycles. The maximum absolute atomic E-state index is 11.4. The van der Waals surface area contributed by atoms with Gasteiger partial charge in [-0.15, -0.1) is 0 Å². The Morgan fingerprint density at radius 2 is 2.09 bits per heavy atom. The summed E-state index contributed by atoms with van der Waals surface area (Å²) in [6.45, 7) is 3.95. The van der Waals surface area contributed by atoms with Gasteiger partial charge in [0.1, 0.15) is 12.3 Å². The molecule has 1 rings (SSSR count). The first-order valence-electron chi connectivity index (χ1n) is 6.58. The lowest BCUT2D eigenvalue weighted by Gasteiger charge is -2.07. The van der Waals surface area contributed by atoms with Gasteiger partial charge in [-0.1, -0.05) is 41.9 Å². The van der Waals surface area contributed by atoms with E-state index in [0.29, 0.717) is 12.1 Å². The molecule has 0 aliphatic rings. The lowest BCUT2D eigenvalue weighted by molar-refractivity contribution is -0.769. The molecule has 1 aromatic rings. The average Bonchev–Trinajstić information content (AvgIpc) is 2.51. The van der Waals surface area contributed by atoms with E-state index in [1.165, 1.54) is 0 Å². The number of carbonyl (C=O) groups excluding carboxylic acids is 1.